The number of halogens is 3. The number of aromatic nitrogens is 2. The van der Waals surface area contributed by atoms with Gasteiger partial charge in [-0.1, -0.05) is 0 Å². The number of hydrogen-bond donors (Lipinski definition) is 3. The van der Waals surface area contributed by atoms with Crippen LogP contribution in [0.4, 0.5) is 18.9 Å². The molecule has 2 aromatic rings. The van der Waals surface area contributed by atoms with Gasteiger partial charge in [0, 0.05) is 17.8 Å². The topological polar surface area (TPSA) is 95.1 Å². The molecule has 3 N–H and O–H groups in total. The summed E-state index contributed by atoms with van der Waals surface area (Å²) in [5.41, 5.74) is -1.32. The summed E-state index contributed by atoms with van der Waals surface area (Å²) in [4.78, 5) is 28.2. The lowest BCUT2D eigenvalue weighted by Gasteiger charge is -2.05. The van der Waals surface area contributed by atoms with E-state index in [2.05, 4.69) is 9.97 Å². The van der Waals surface area contributed by atoms with Gasteiger partial charge in [-0.15, -0.1) is 0 Å². The average Bonchev–Trinajstić information content (AvgIpc) is 2.85. The maximum absolute atomic E-state index is 13.0. The van der Waals surface area contributed by atoms with Gasteiger partial charge < -0.3 is 15.4 Å². The lowest BCUT2D eigenvalue weighted by atomic mass is 10.2. The second kappa shape index (κ2) is 5.03. The largest absolute Gasteiger partial charge is 0.477 e. The lowest BCUT2D eigenvalue weighted by Crippen LogP contribution is -2.17. The molecule has 0 spiro atoms. The van der Waals surface area contributed by atoms with Crippen molar-refractivity contribution >= 4 is 17.6 Å². The van der Waals surface area contributed by atoms with Crippen molar-refractivity contribution in [1.29, 1.82) is 0 Å². The van der Waals surface area contributed by atoms with Gasteiger partial charge in [0.15, 0.2) is 28.8 Å². The third kappa shape index (κ3) is 2.46. The predicted octanol–water partition coefficient (Wildman–Crippen LogP) is 1.78. The van der Waals surface area contributed by atoms with Crippen LogP contribution < -0.4 is 5.32 Å². The Bertz CT molecular complexity index is 676. The maximum Gasteiger partial charge on any atom is 0.354 e. The Kier molecular flexibility index (Phi) is 3.42. The number of carboxylic acid groups (broad SMARTS) is 1. The van der Waals surface area contributed by atoms with Crippen molar-refractivity contribution in [2.24, 2.45) is 0 Å². The van der Waals surface area contributed by atoms with Crippen molar-refractivity contribution in [1.82, 2.24) is 9.97 Å². The van der Waals surface area contributed by atoms with E-state index in [1.807, 2.05) is 5.32 Å². The first kappa shape index (κ1) is 13.6. The smallest absolute Gasteiger partial charge is 0.354 e. The normalized spacial score (nSPS) is 10.3. The molecule has 0 saturated carbocycles. The van der Waals surface area contributed by atoms with Crippen LogP contribution in [0, 0.1) is 17.5 Å². The third-order valence-corrected chi connectivity index (χ3v) is 2.31. The summed E-state index contributed by atoms with van der Waals surface area (Å²) in [7, 11) is 0. The second-order valence-electron chi connectivity index (χ2n) is 3.64. The molecule has 0 aliphatic rings. The number of imidazole rings is 1. The molecule has 0 radical (unpaired) electrons. The lowest BCUT2D eigenvalue weighted by molar-refractivity contribution is 0.0686. The van der Waals surface area contributed by atoms with Crippen molar-refractivity contribution < 1.29 is 27.9 Å². The highest BCUT2D eigenvalue weighted by Gasteiger charge is 2.20. The SMILES string of the molecule is O=C(Nc1cc(F)c(F)c(F)c1)c1nc[nH]c1C(=O)O. The number of nitrogens with zero attached hydrogens (tertiary/aromatic N) is 1. The number of amides is 1. The molecule has 20 heavy (non-hydrogen) atoms. The van der Waals surface area contributed by atoms with Crippen LogP contribution in [0.25, 0.3) is 0 Å². The fourth-order valence-electron chi connectivity index (χ4n) is 1.45. The van der Waals surface area contributed by atoms with Gasteiger partial charge in [0.1, 0.15) is 0 Å². The van der Waals surface area contributed by atoms with E-state index in [4.69, 9.17) is 5.11 Å². The molecule has 0 saturated heterocycles. The first-order chi connectivity index (χ1) is 9.40. The molecule has 0 unspecified atom stereocenters. The summed E-state index contributed by atoms with van der Waals surface area (Å²) in [5, 5.41) is 10.8. The summed E-state index contributed by atoms with van der Waals surface area (Å²) in [6.45, 7) is 0. The van der Waals surface area contributed by atoms with E-state index in [1.165, 1.54) is 0 Å². The summed E-state index contributed by atoms with van der Waals surface area (Å²) in [6, 6.07) is 1.12. The Morgan fingerprint density at radius 2 is 1.80 bits per heavy atom. The zero-order valence-electron chi connectivity index (χ0n) is 9.58. The minimum atomic E-state index is -1.67. The minimum absolute atomic E-state index is 0.370. The number of benzene rings is 1. The van der Waals surface area contributed by atoms with Crippen LogP contribution in [-0.4, -0.2) is 27.0 Å². The summed E-state index contributed by atoms with van der Waals surface area (Å²) < 4.78 is 38.7. The van der Waals surface area contributed by atoms with Gasteiger partial charge in [-0.05, 0) is 0 Å². The standard InChI is InChI=1S/C11H6F3N3O3/c12-5-1-4(2-6(13)7(5)14)17-10(18)8-9(11(19)20)16-3-15-8/h1-3H,(H,15,16)(H,17,18)(H,19,20). The van der Waals surface area contributed by atoms with Crippen LogP contribution in [0.3, 0.4) is 0 Å². The van der Waals surface area contributed by atoms with E-state index < -0.39 is 40.7 Å². The molecule has 1 amide bonds. The van der Waals surface area contributed by atoms with Crippen LogP contribution in [0.1, 0.15) is 21.0 Å². The van der Waals surface area contributed by atoms with Crippen molar-refractivity contribution in [2.75, 3.05) is 5.32 Å². The van der Waals surface area contributed by atoms with E-state index in [0.29, 0.717) is 12.1 Å². The first-order valence-electron chi connectivity index (χ1n) is 5.12. The number of carbonyl (C=O) groups excluding carboxylic acids is 1. The highest BCUT2D eigenvalue weighted by atomic mass is 19.2. The fourth-order valence-corrected chi connectivity index (χ4v) is 1.45. The van der Waals surface area contributed by atoms with Gasteiger partial charge >= 0.3 is 5.97 Å². The molecule has 9 heteroatoms. The third-order valence-electron chi connectivity index (χ3n) is 2.31. The number of anilines is 1. The van der Waals surface area contributed by atoms with Gasteiger partial charge in [-0.25, -0.2) is 22.9 Å². The molecular weight excluding hydrogens is 279 g/mol. The van der Waals surface area contributed by atoms with Crippen LogP contribution in [0.15, 0.2) is 18.5 Å². The van der Waals surface area contributed by atoms with E-state index in [-0.39, 0.29) is 5.69 Å². The Hall–Kier alpha value is -2.84. The van der Waals surface area contributed by atoms with Crippen molar-refractivity contribution in [3.05, 3.63) is 47.3 Å². The van der Waals surface area contributed by atoms with E-state index in [0.717, 1.165) is 6.33 Å². The van der Waals surface area contributed by atoms with Crippen LogP contribution >= 0.6 is 0 Å². The molecule has 0 aliphatic carbocycles. The number of carboxylic acids is 1. The highest BCUT2D eigenvalue weighted by molar-refractivity contribution is 6.08. The molecular formula is C11H6F3N3O3. The number of carbonyl (C=O) groups is 2. The maximum atomic E-state index is 13.0. The van der Waals surface area contributed by atoms with Crippen molar-refractivity contribution in [3.8, 4) is 0 Å². The van der Waals surface area contributed by atoms with Gasteiger partial charge in [-0.2, -0.15) is 0 Å². The Morgan fingerprint density at radius 1 is 1.20 bits per heavy atom. The average molecular weight is 285 g/mol. The van der Waals surface area contributed by atoms with Crippen LogP contribution in [-0.2, 0) is 0 Å². The number of rotatable bonds is 3. The molecule has 1 aromatic heterocycles. The number of hydrogen-bond acceptors (Lipinski definition) is 3. The summed E-state index contributed by atoms with van der Waals surface area (Å²) in [5.74, 6) is -7.08. The summed E-state index contributed by atoms with van der Waals surface area (Å²) >= 11 is 0. The van der Waals surface area contributed by atoms with E-state index in [1.54, 1.807) is 0 Å². The Balaban J connectivity index is 2.28. The number of aromatic amines is 1. The van der Waals surface area contributed by atoms with Gasteiger partial charge in [-0.3, -0.25) is 4.79 Å². The highest BCUT2D eigenvalue weighted by Crippen LogP contribution is 2.18. The number of nitrogens with one attached hydrogen (secondary N) is 2. The molecule has 104 valence electrons. The van der Waals surface area contributed by atoms with Gasteiger partial charge in [0.25, 0.3) is 5.91 Å². The van der Waals surface area contributed by atoms with Crippen LogP contribution in [0.2, 0.25) is 0 Å². The molecule has 0 aliphatic heterocycles. The quantitative estimate of drug-likeness (QED) is 0.749. The van der Waals surface area contributed by atoms with Crippen molar-refractivity contribution in [3.63, 3.8) is 0 Å². The monoisotopic (exact) mass is 285 g/mol. The Labute approximate surface area is 109 Å². The molecule has 0 bridgehead atoms. The number of H-pyrrole nitrogens is 1. The van der Waals surface area contributed by atoms with Crippen molar-refractivity contribution in [2.45, 2.75) is 0 Å². The van der Waals surface area contributed by atoms with Gasteiger partial charge in [0.05, 0.1) is 6.33 Å². The van der Waals surface area contributed by atoms with Crippen LogP contribution in [0.5, 0.6) is 0 Å². The van der Waals surface area contributed by atoms with Gasteiger partial charge in [0.2, 0.25) is 0 Å². The molecule has 2 rings (SSSR count). The molecule has 0 fully saturated rings. The first-order valence-corrected chi connectivity index (χ1v) is 5.12. The fraction of sp³-hybridized carbons (Fsp3) is 0. The zero-order chi connectivity index (χ0) is 14.9. The molecule has 6 nitrogen and oxygen atoms in total. The zero-order valence-corrected chi connectivity index (χ0v) is 9.58. The number of aromatic carboxylic acids is 1. The Morgan fingerprint density at radius 3 is 2.35 bits per heavy atom. The molecule has 1 aromatic carbocycles. The molecule has 1 heterocycles. The van der Waals surface area contributed by atoms with E-state index in [9.17, 15) is 22.8 Å². The summed E-state index contributed by atoms with van der Waals surface area (Å²) in [6.07, 6.45) is 0.976. The minimum Gasteiger partial charge on any atom is -0.477 e. The molecule has 0 atom stereocenters. The second-order valence-corrected chi connectivity index (χ2v) is 3.64. The van der Waals surface area contributed by atoms with E-state index >= 15 is 0 Å². The predicted molar refractivity (Wildman–Crippen MR) is 59.8 cm³/mol.